The summed E-state index contributed by atoms with van der Waals surface area (Å²) in [5.74, 6) is 0.866. The third-order valence-electron chi connectivity index (χ3n) is 8.04. The van der Waals surface area contributed by atoms with E-state index in [2.05, 4.69) is 20.8 Å². The van der Waals surface area contributed by atoms with Gasteiger partial charge in [0.25, 0.3) is 7.37 Å². The Morgan fingerprint density at radius 2 is 1.38 bits per heavy atom. The standard InChI is InChI=1S/C34H37O4P/c1-23(2)28-20-19-24(3)21-31(28)38-39(37,27-17-11-6-12-18-27)34-32(26-15-9-5-10-16-26)30(35)22-29(33(34)36)25-13-7-4-8-14-25/h4-18,22-24,28,31,35-36H,19-21H2,1-3H3/t24?,28?,31?,39-/m0/s1. The Labute approximate surface area is 231 Å². The Morgan fingerprint density at radius 1 is 0.821 bits per heavy atom. The van der Waals surface area contributed by atoms with Crippen molar-refractivity contribution in [2.75, 3.05) is 0 Å². The molecule has 1 saturated carbocycles. The zero-order valence-electron chi connectivity index (χ0n) is 22.8. The minimum absolute atomic E-state index is 0.0509. The van der Waals surface area contributed by atoms with E-state index in [1.165, 1.54) is 0 Å². The smallest absolute Gasteiger partial charge is 0.266 e. The summed E-state index contributed by atoms with van der Waals surface area (Å²) in [7, 11) is -3.92. The van der Waals surface area contributed by atoms with Crippen LogP contribution in [0.4, 0.5) is 0 Å². The zero-order chi connectivity index (χ0) is 27.6. The van der Waals surface area contributed by atoms with Gasteiger partial charge >= 0.3 is 0 Å². The molecule has 0 amide bonds. The van der Waals surface area contributed by atoms with Crippen LogP contribution >= 0.6 is 7.37 Å². The van der Waals surface area contributed by atoms with E-state index in [1.54, 1.807) is 18.2 Å². The SMILES string of the molecule is CC1CCC(C(C)C)C(O[P@@](=O)(c2ccccc2)c2c(O)c(-c3ccccc3)cc(O)c2-c2ccccc2)C1. The second-order valence-electron chi connectivity index (χ2n) is 11.1. The lowest BCUT2D eigenvalue weighted by Crippen LogP contribution is -2.36. The summed E-state index contributed by atoms with van der Waals surface area (Å²) in [4.78, 5) is 0. The quantitative estimate of drug-likeness (QED) is 0.183. The first-order chi connectivity index (χ1) is 18.8. The Bertz CT molecular complexity index is 1450. The maximum absolute atomic E-state index is 15.6. The van der Waals surface area contributed by atoms with Crippen LogP contribution in [0.3, 0.4) is 0 Å². The van der Waals surface area contributed by atoms with Crippen molar-refractivity contribution in [3.05, 3.63) is 97.1 Å². The van der Waals surface area contributed by atoms with Crippen molar-refractivity contribution in [3.63, 3.8) is 0 Å². The maximum Gasteiger partial charge on any atom is 0.266 e. The van der Waals surface area contributed by atoms with Crippen LogP contribution in [0.25, 0.3) is 22.3 Å². The van der Waals surface area contributed by atoms with Crippen molar-refractivity contribution in [2.24, 2.45) is 17.8 Å². The first-order valence-corrected chi connectivity index (χ1v) is 15.5. The number of phenolic OH excluding ortho intramolecular Hbond substituents is 2. The summed E-state index contributed by atoms with van der Waals surface area (Å²) >= 11 is 0. The van der Waals surface area contributed by atoms with Gasteiger partial charge in [-0.05, 0) is 59.9 Å². The van der Waals surface area contributed by atoms with Crippen LogP contribution in [0.2, 0.25) is 0 Å². The molecule has 39 heavy (non-hydrogen) atoms. The number of benzene rings is 4. The van der Waals surface area contributed by atoms with Crippen molar-refractivity contribution < 1.29 is 19.3 Å². The molecule has 0 heterocycles. The lowest BCUT2D eigenvalue weighted by molar-refractivity contribution is 0.0514. The van der Waals surface area contributed by atoms with Crippen molar-refractivity contribution in [2.45, 2.75) is 46.1 Å². The van der Waals surface area contributed by atoms with Crippen LogP contribution in [0.5, 0.6) is 11.5 Å². The van der Waals surface area contributed by atoms with Gasteiger partial charge in [0, 0.05) is 16.4 Å². The zero-order valence-corrected chi connectivity index (χ0v) is 23.7. The fourth-order valence-corrected chi connectivity index (χ4v) is 8.56. The summed E-state index contributed by atoms with van der Waals surface area (Å²) in [6, 6.07) is 29.5. The molecule has 0 aromatic heterocycles. The van der Waals surface area contributed by atoms with Crippen LogP contribution in [0.15, 0.2) is 97.1 Å². The van der Waals surface area contributed by atoms with Crippen LogP contribution in [-0.2, 0) is 9.09 Å². The van der Waals surface area contributed by atoms with Gasteiger partial charge in [0.1, 0.15) is 11.5 Å². The highest BCUT2D eigenvalue weighted by Gasteiger charge is 2.43. The highest BCUT2D eigenvalue weighted by molar-refractivity contribution is 7.74. The molecule has 4 aromatic rings. The molecule has 2 N–H and O–H groups in total. The molecule has 5 heteroatoms. The molecule has 3 unspecified atom stereocenters. The van der Waals surface area contributed by atoms with E-state index in [-0.39, 0.29) is 28.8 Å². The van der Waals surface area contributed by atoms with Gasteiger partial charge in [-0.1, -0.05) is 106 Å². The van der Waals surface area contributed by atoms with E-state index < -0.39 is 7.37 Å². The average molecular weight is 541 g/mol. The summed E-state index contributed by atoms with van der Waals surface area (Å²) in [6.45, 7) is 6.60. The van der Waals surface area contributed by atoms with Crippen LogP contribution in [-0.4, -0.2) is 16.3 Å². The summed E-state index contributed by atoms with van der Waals surface area (Å²) in [5, 5.41) is 24.2. The molecule has 202 valence electrons. The third-order valence-corrected chi connectivity index (χ3v) is 10.6. The molecule has 1 aliphatic rings. The predicted molar refractivity (Wildman–Crippen MR) is 160 cm³/mol. The van der Waals surface area contributed by atoms with E-state index in [4.69, 9.17) is 4.52 Å². The largest absolute Gasteiger partial charge is 0.507 e. The van der Waals surface area contributed by atoms with Gasteiger partial charge in [-0.15, -0.1) is 0 Å². The van der Waals surface area contributed by atoms with E-state index in [0.29, 0.717) is 33.8 Å². The molecular weight excluding hydrogens is 503 g/mol. The molecular formula is C34H37O4P. The lowest BCUT2D eigenvalue weighted by atomic mass is 9.75. The Morgan fingerprint density at radius 3 is 1.97 bits per heavy atom. The van der Waals surface area contributed by atoms with Crippen LogP contribution in [0.1, 0.15) is 40.0 Å². The second kappa shape index (κ2) is 11.4. The van der Waals surface area contributed by atoms with Crippen molar-refractivity contribution >= 4 is 18.0 Å². The Kier molecular flexibility index (Phi) is 7.98. The van der Waals surface area contributed by atoms with Crippen molar-refractivity contribution in [1.29, 1.82) is 0 Å². The number of hydrogen-bond acceptors (Lipinski definition) is 4. The molecule has 0 spiro atoms. The predicted octanol–water partition coefficient (Wildman–Crippen LogP) is 8.14. The first kappa shape index (κ1) is 27.2. The van der Waals surface area contributed by atoms with Gasteiger partial charge < -0.3 is 14.7 Å². The van der Waals surface area contributed by atoms with Crippen molar-refractivity contribution in [3.8, 4) is 33.8 Å². The molecule has 4 aromatic carbocycles. The third kappa shape index (κ3) is 5.41. The van der Waals surface area contributed by atoms with Gasteiger partial charge in [0.2, 0.25) is 0 Å². The van der Waals surface area contributed by atoms with E-state index in [0.717, 1.165) is 24.8 Å². The second-order valence-corrected chi connectivity index (χ2v) is 13.4. The van der Waals surface area contributed by atoms with Gasteiger partial charge in [-0.25, -0.2) is 0 Å². The van der Waals surface area contributed by atoms with E-state index in [1.807, 2.05) is 78.9 Å². The van der Waals surface area contributed by atoms with Crippen LogP contribution < -0.4 is 10.6 Å². The molecule has 0 saturated heterocycles. The Balaban J connectivity index is 1.81. The molecule has 5 rings (SSSR count). The molecule has 0 aliphatic heterocycles. The fraction of sp³-hybridized carbons (Fsp3) is 0.294. The minimum Gasteiger partial charge on any atom is -0.507 e. The van der Waals surface area contributed by atoms with Gasteiger partial charge in [-0.3, -0.25) is 4.57 Å². The Hall–Kier alpha value is -3.33. The summed E-state index contributed by atoms with van der Waals surface area (Å²) in [5.41, 5.74) is 2.14. The number of rotatable bonds is 7. The molecule has 4 nitrogen and oxygen atoms in total. The number of phenols is 2. The minimum atomic E-state index is -3.92. The lowest BCUT2D eigenvalue weighted by Gasteiger charge is -2.39. The highest BCUT2D eigenvalue weighted by Crippen LogP contribution is 2.56. The van der Waals surface area contributed by atoms with Gasteiger partial charge in [0.15, 0.2) is 0 Å². The fourth-order valence-electron chi connectivity index (χ4n) is 5.95. The van der Waals surface area contributed by atoms with E-state index >= 15 is 4.57 Å². The summed E-state index contributed by atoms with van der Waals surface area (Å²) < 4.78 is 22.5. The van der Waals surface area contributed by atoms with Crippen LogP contribution in [0, 0.1) is 17.8 Å². The monoisotopic (exact) mass is 540 g/mol. The van der Waals surface area contributed by atoms with E-state index in [9.17, 15) is 10.2 Å². The molecule has 1 aliphatic carbocycles. The molecule has 1 fully saturated rings. The molecule has 4 atom stereocenters. The number of aromatic hydroxyl groups is 2. The normalized spacial score (nSPS) is 21.0. The topological polar surface area (TPSA) is 66.8 Å². The maximum atomic E-state index is 15.6. The van der Waals surface area contributed by atoms with Gasteiger partial charge in [-0.2, -0.15) is 0 Å². The van der Waals surface area contributed by atoms with Gasteiger partial charge in [0.05, 0.1) is 11.4 Å². The molecule has 0 bridgehead atoms. The van der Waals surface area contributed by atoms with Crippen molar-refractivity contribution in [1.82, 2.24) is 0 Å². The summed E-state index contributed by atoms with van der Waals surface area (Å²) in [6.07, 6.45) is 2.67. The highest BCUT2D eigenvalue weighted by atomic mass is 31.2. The molecule has 0 radical (unpaired) electrons. The first-order valence-electron chi connectivity index (χ1n) is 13.8. The number of hydrogen-bond donors (Lipinski definition) is 2. The average Bonchev–Trinajstić information content (AvgIpc) is 2.95.